The lowest BCUT2D eigenvalue weighted by Gasteiger charge is -2.24. The van der Waals surface area contributed by atoms with Crippen molar-refractivity contribution >= 4 is 6.09 Å². The molecule has 1 aliphatic rings. The van der Waals surface area contributed by atoms with Crippen molar-refractivity contribution in [3.8, 4) is 0 Å². The number of rotatable bonds is 1. The molecule has 88 valence electrons. The second kappa shape index (κ2) is 4.39. The normalized spacial score (nSPS) is 24.1. The van der Waals surface area contributed by atoms with Crippen LogP contribution in [0.5, 0.6) is 0 Å². The zero-order valence-electron chi connectivity index (χ0n) is 9.99. The molecule has 1 rings (SSSR count). The van der Waals surface area contributed by atoms with Crippen LogP contribution in [0.1, 0.15) is 34.1 Å². The maximum atomic E-state index is 11.7. The third kappa shape index (κ3) is 3.70. The number of ether oxygens (including phenoxy) is 1. The van der Waals surface area contributed by atoms with Crippen LogP contribution in [-0.2, 0) is 4.74 Å². The van der Waals surface area contributed by atoms with Crippen LogP contribution in [0.15, 0.2) is 0 Å². The summed E-state index contributed by atoms with van der Waals surface area (Å²) in [4.78, 5) is 13.3. The SMILES string of the molecule is CC(O)C1CCN(C(=O)OC(C)(C)C)C1. The van der Waals surface area contributed by atoms with E-state index in [0.29, 0.717) is 13.1 Å². The maximum absolute atomic E-state index is 11.7. The summed E-state index contributed by atoms with van der Waals surface area (Å²) in [6, 6.07) is 0. The number of aliphatic hydroxyl groups excluding tert-OH is 1. The van der Waals surface area contributed by atoms with E-state index >= 15 is 0 Å². The van der Waals surface area contributed by atoms with Crippen molar-refractivity contribution in [2.24, 2.45) is 5.92 Å². The molecule has 0 saturated carbocycles. The first-order valence-electron chi connectivity index (χ1n) is 5.45. The zero-order valence-corrected chi connectivity index (χ0v) is 9.99. The molecule has 0 aliphatic carbocycles. The molecule has 1 amide bonds. The molecule has 4 nitrogen and oxygen atoms in total. The van der Waals surface area contributed by atoms with Gasteiger partial charge in [-0.2, -0.15) is 0 Å². The van der Waals surface area contributed by atoms with Crippen molar-refractivity contribution < 1.29 is 14.6 Å². The van der Waals surface area contributed by atoms with Crippen LogP contribution in [0.4, 0.5) is 4.79 Å². The molecule has 1 N–H and O–H groups in total. The summed E-state index contributed by atoms with van der Waals surface area (Å²) in [7, 11) is 0. The number of carbonyl (C=O) groups excluding carboxylic acids is 1. The molecule has 1 heterocycles. The van der Waals surface area contributed by atoms with E-state index in [-0.39, 0.29) is 18.1 Å². The highest BCUT2D eigenvalue weighted by molar-refractivity contribution is 5.68. The van der Waals surface area contributed by atoms with Gasteiger partial charge in [0.15, 0.2) is 0 Å². The quantitative estimate of drug-likeness (QED) is 0.723. The van der Waals surface area contributed by atoms with Gasteiger partial charge in [0.1, 0.15) is 5.60 Å². The molecule has 0 aromatic carbocycles. The Bertz CT molecular complexity index is 232. The predicted molar refractivity (Wildman–Crippen MR) is 57.6 cm³/mol. The summed E-state index contributed by atoms with van der Waals surface area (Å²) in [6.45, 7) is 8.62. The number of amides is 1. The largest absolute Gasteiger partial charge is 0.444 e. The van der Waals surface area contributed by atoms with Crippen molar-refractivity contribution in [1.29, 1.82) is 0 Å². The smallest absolute Gasteiger partial charge is 0.410 e. The fraction of sp³-hybridized carbons (Fsp3) is 0.909. The van der Waals surface area contributed by atoms with Gasteiger partial charge in [-0.25, -0.2) is 4.79 Å². The van der Waals surface area contributed by atoms with Crippen molar-refractivity contribution in [1.82, 2.24) is 4.90 Å². The van der Waals surface area contributed by atoms with Gasteiger partial charge in [-0.1, -0.05) is 0 Å². The van der Waals surface area contributed by atoms with E-state index in [0.717, 1.165) is 6.42 Å². The van der Waals surface area contributed by atoms with E-state index in [9.17, 15) is 9.90 Å². The van der Waals surface area contributed by atoms with Crippen LogP contribution in [0.25, 0.3) is 0 Å². The molecule has 4 heteroatoms. The Morgan fingerprint density at radius 1 is 1.53 bits per heavy atom. The fourth-order valence-electron chi connectivity index (χ4n) is 1.67. The summed E-state index contributed by atoms with van der Waals surface area (Å²) in [5, 5.41) is 9.41. The van der Waals surface area contributed by atoms with Gasteiger partial charge >= 0.3 is 6.09 Å². The first-order valence-corrected chi connectivity index (χ1v) is 5.45. The van der Waals surface area contributed by atoms with Crippen molar-refractivity contribution in [2.45, 2.75) is 45.8 Å². The molecule has 0 spiro atoms. The van der Waals surface area contributed by atoms with Crippen molar-refractivity contribution in [2.75, 3.05) is 13.1 Å². The van der Waals surface area contributed by atoms with Gasteiger partial charge < -0.3 is 14.7 Å². The third-order valence-corrected chi connectivity index (χ3v) is 2.56. The van der Waals surface area contributed by atoms with Gasteiger partial charge in [-0.15, -0.1) is 0 Å². The van der Waals surface area contributed by atoms with Crippen LogP contribution >= 0.6 is 0 Å². The van der Waals surface area contributed by atoms with E-state index < -0.39 is 5.60 Å². The third-order valence-electron chi connectivity index (χ3n) is 2.56. The molecular formula is C11H21NO3. The summed E-state index contributed by atoms with van der Waals surface area (Å²) < 4.78 is 5.26. The van der Waals surface area contributed by atoms with Crippen LogP contribution in [0, 0.1) is 5.92 Å². The summed E-state index contributed by atoms with van der Waals surface area (Å²) in [6.07, 6.45) is 0.236. The van der Waals surface area contributed by atoms with E-state index in [1.54, 1.807) is 11.8 Å². The second-order valence-corrected chi connectivity index (χ2v) is 5.22. The Kier molecular flexibility index (Phi) is 3.60. The number of hydrogen-bond donors (Lipinski definition) is 1. The van der Waals surface area contributed by atoms with Gasteiger partial charge in [0.05, 0.1) is 6.10 Å². The number of hydrogen-bond acceptors (Lipinski definition) is 3. The van der Waals surface area contributed by atoms with Crippen LogP contribution in [0.3, 0.4) is 0 Å². The molecule has 2 unspecified atom stereocenters. The molecule has 1 fully saturated rings. The highest BCUT2D eigenvalue weighted by Gasteiger charge is 2.31. The predicted octanol–water partition coefficient (Wildman–Crippen LogP) is 1.62. The van der Waals surface area contributed by atoms with Gasteiger partial charge in [0, 0.05) is 19.0 Å². The first-order chi connectivity index (χ1) is 6.79. The molecule has 2 atom stereocenters. The van der Waals surface area contributed by atoms with Crippen molar-refractivity contribution in [3.05, 3.63) is 0 Å². The average Bonchev–Trinajstić information content (AvgIpc) is 2.47. The molecule has 0 aromatic heterocycles. The molecule has 0 aromatic rings. The van der Waals surface area contributed by atoms with E-state index in [4.69, 9.17) is 4.74 Å². The molecule has 0 bridgehead atoms. The highest BCUT2D eigenvalue weighted by atomic mass is 16.6. The Balaban J connectivity index is 2.44. The second-order valence-electron chi connectivity index (χ2n) is 5.22. The summed E-state index contributed by atoms with van der Waals surface area (Å²) in [5.74, 6) is 0.192. The summed E-state index contributed by atoms with van der Waals surface area (Å²) >= 11 is 0. The van der Waals surface area contributed by atoms with Crippen LogP contribution in [0.2, 0.25) is 0 Å². The van der Waals surface area contributed by atoms with E-state index in [1.807, 2.05) is 20.8 Å². The van der Waals surface area contributed by atoms with Gasteiger partial charge in [-0.05, 0) is 34.1 Å². The molecular weight excluding hydrogens is 194 g/mol. The van der Waals surface area contributed by atoms with Gasteiger partial charge in [0.25, 0.3) is 0 Å². The Morgan fingerprint density at radius 2 is 2.13 bits per heavy atom. The molecule has 1 aliphatic heterocycles. The summed E-state index contributed by atoms with van der Waals surface area (Å²) in [5.41, 5.74) is -0.444. The minimum Gasteiger partial charge on any atom is -0.444 e. The lowest BCUT2D eigenvalue weighted by Crippen LogP contribution is -2.36. The molecule has 0 radical (unpaired) electrons. The number of nitrogens with zero attached hydrogens (tertiary/aromatic N) is 1. The number of aliphatic hydroxyl groups is 1. The van der Waals surface area contributed by atoms with E-state index in [2.05, 4.69) is 0 Å². The van der Waals surface area contributed by atoms with Crippen LogP contribution < -0.4 is 0 Å². The minimum atomic E-state index is -0.444. The van der Waals surface area contributed by atoms with E-state index in [1.165, 1.54) is 0 Å². The van der Waals surface area contributed by atoms with Gasteiger partial charge in [-0.3, -0.25) is 0 Å². The Labute approximate surface area is 91.2 Å². The first kappa shape index (κ1) is 12.3. The molecule has 15 heavy (non-hydrogen) atoms. The number of likely N-dealkylation sites (tertiary alicyclic amines) is 1. The van der Waals surface area contributed by atoms with Gasteiger partial charge in [0.2, 0.25) is 0 Å². The zero-order chi connectivity index (χ0) is 11.6. The van der Waals surface area contributed by atoms with Crippen molar-refractivity contribution in [3.63, 3.8) is 0 Å². The maximum Gasteiger partial charge on any atom is 0.410 e. The minimum absolute atomic E-state index is 0.192. The highest BCUT2D eigenvalue weighted by Crippen LogP contribution is 2.21. The Morgan fingerprint density at radius 3 is 2.53 bits per heavy atom. The average molecular weight is 215 g/mol. The Hall–Kier alpha value is -0.770. The topological polar surface area (TPSA) is 49.8 Å². The van der Waals surface area contributed by atoms with Crippen LogP contribution in [-0.4, -0.2) is 40.9 Å². The monoisotopic (exact) mass is 215 g/mol. The number of carbonyl (C=O) groups is 1. The lowest BCUT2D eigenvalue weighted by molar-refractivity contribution is 0.0273. The fourth-order valence-corrected chi connectivity index (χ4v) is 1.67. The lowest BCUT2D eigenvalue weighted by atomic mass is 10.0. The standard InChI is InChI=1S/C11H21NO3/c1-8(13)9-5-6-12(7-9)10(14)15-11(2,3)4/h8-9,13H,5-7H2,1-4H3. The molecule has 1 saturated heterocycles.